The Morgan fingerprint density at radius 3 is 2.48 bits per heavy atom. The van der Waals surface area contributed by atoms with Gasteiger partial charge in [0.1, 0.15) is 6.10 Å². The summed E-state index contributed by atoms with van der Waals surface area (Å²) in [4.78, 5) is 0. The SMILES string of the molecule is CC1=CCCC(C)(O)C2C=C(C(C)(C)O)C(CC(C)=CCC1)O2. The number of hydrogen-bond donors (Lipinski definition) is 2. The van der Waals surface area contributed by atoms with E-state index in [-0.39, 0.29) is 12.2 Å². The molecule has 0 spiro atoms. The lowest BCUT2D eigenvalue weighted by Gasteiger charge is -2.30. The second-order valence-corrected chi connectivity index (χ2v) is 7.97. The number of ether oxygens (including phenoxy) is 1. The van der Waals surface area contributed by atoms with Gasteiger partial charge in [-0.1, -0.05) is 23.3 Å². The summed E-state index contributed by atoms with van der Waals surface area (Å²) in [5.41, 5.74) is 1.69. The molecule has 130 valence electrons. The molecular weight excluding hydrogens is 288 g/mol. The highest BCUT2D eigenvalue weighted by Gasteiger charge is 2.42. The van der Waals surface area contributed by atoms with Crippen molar-refractivity contribution >= 4 is 0 Å². The Hall–Kier alpha value is -0.900. The van der Waals surface area contributed by atoms with E-state index in [1.807, 2.05) is 13.0 Å². The van der Waals surface area contributed by atoms with Crippen molar-refractivity contribution in [1.82, 2.24) is 0 Å². The van der Waals surface area contributed by atoms with Gasteiger partial charge in [0, 0.05) is 0 Å². The molecule has 0 aromatic carbocycles. The molecule has 3 atom stereocenters. The van der Waals surface area contributed by atoms with Crippen LogP contribution in [0.5, 0.6) is 0 Å². The van der Waals surface area contributed by atoms with Gasteiger partial charge in [0.15, 0.2) is 0 Å². The van der Waals surface area contributed by atoms with Crippen molar-refractivity contribution in [2.75, 3.05) is 0 Å². The Morgan fingerprint density at radius 1 is 1.17 bits per heavy atom. The van der Waals surface area contributed by atoms with Crippen LogP contribution in [0.3, 0.4) is 0 Å². The van der Waals surface area contributed by atoms with E-state index < -0.39 is 11.2 Å². The Bertz CT molecular complexity index is 517. The molecule has 3 heteroatoms. The standard InChI is InChI=1S/C20H32O3/c1-14-8-6-9-15(2)12-17-16(19(3,4)21)13-18(23-17)20(5,22)11-7-10-14/h9-10,13,17-18,21-22H,6-8,11-12H2,1-5H3. The summed E-state index contributed by atoms with van der Waals surface area (Å²) in [5.74, 6) is 0. The van der Waals surface area contributed by atoms with Crippen molar-refractivity contribution in [3.63, 3.8) is 0 Å². The molecule has 3 nitrogen and oxygen atoms in total. The minimum Gasteiger partial charge on any atom is -0.387 e. The van der Waals surface area contributed by atoms with Crippen molar-refractivity contribution in [2.24, 2.45) is 0 Å². The summed E-state index contributed by atoms with van der Waals surface area (Å²) in [6.45, 7) is 9.70. The number of allylic oxidation sites excluding steroid dienone is 3. The molecular formula is C20H32O3. The van der Waals surface area contributed by atoms with Gasteiger partial charge in [-0.05, 0) is 78.4 Å². The lowest BCUT2D eigenvalue weighted by atomic mass is 9.87. The first-order valence-electron chi connectivity index (χ1n) is 8.73. The lowest BCUT2D eigenvalue weighted by Crippen LogP contribution is -2.39. The van der Waals surface area contributed by atoms with Crippen molar-refractivity contribution in [2.45, 2.75) is 90.1 Å². The highest BCUT2D eigenvalue weighted by atomic mass is 16.5. The summed E-state index contributed by atoms with van der Waals surface area (Å²) in [6, 6.07) is 0. The average Bonchev–Trinajstić information content (AvgIpc) is 2.82. The summed E-state index contributed by atoms with van der Waals surface area (Å²) in [6.07, 6.45) is 10.3. The predicted molar refractivity (Wildman–Crippen MR) is 94.3 cm³/mol. The van der Waals surface area contributed by atoms with Crippen LogP contribution in [0.15, 0.2) is 34.9 Å². The molecule has 0 saturated heterocycles. The van der Waals surface area contributed by atoms with Crippen LogP contribution >= 0.6 is 0 Å². The molecule has 0 aromatic heterocycles. The van der Waals surface area contributed by atoms with E-state index in [1.54, 1.807) is 13.8 Å². The van der Waals surface area contributed by atoms with Gasteiger partial charge >= 0.3 is 0 Å². The van der Waals surface area contributed by atoms with Gasteiger partial charge < -0.3 is 14.9 Å². The van der Waals surface area contributed by atoms with E-state index in [2.05, 4.69) is 26.0 Å². The van der Waals surface area contributed by atoms with Crippen molar-refractivity contribution < 1.29 is 14.9 Å². The highest BCUT2D eigenvalue weighted by Crippen LogP contribution is 2.37. The minimum absolute atomic E-state index is 0.155. The monoisotopic (exact) mass is 320 g/mol. The van der Waals surface area contributed by atoms with E-state index in [0.29, 0.717) is 6.42 Å². The van der Waals surface area contributed by atoms with Gasteiger partial charge in [0.2, 0.25) is 0 Å². The zero-order valence-electron chi connectivity index (χ0n) is 15.2. The smallest absolute Gasteiger partial charge is 0.105 e. The van der Waals surface area contributed by atoms with Gasteiger partial charge in [-0.3, -0.25) is 0 Å². The van der Waals surface area contributed by atoms with Gasteiger partial charge in [0.25, 0.3) is 0 Å². The van der Waals surface area contributed by atoms with E-state index in [9.17, 15) is 10.2 Å². The third kappa shape index (κ3) is 4.79. The largest absolute Gasteiger partial charge is 0.387 e. The molecule has 0 amide bonds. The van der Waals surface area contributed by atoms with E-state index in [0.717, 1.165) is 31.3 Å². The van der Waals surface area contributed by atoms with Crippen molar-refractivity contribution in [3.05, 3.63) is 34.9 Å². The van der Waals surface area contributed by atoms with Crippen LogP contribution in [0, 0.1) is 0 Å². The molecule has 2 N–H and O–H groups in total. The third-order valence-electron chi connectivity index (χ3n) is 4.99. The fourth-order valence-corrected chi connectivity index (χ4v) is 3.42. The first kappa shape index (κ1) is 18.4. The van der Waals surface area contributed by atoms with Crippen molar-refractivity contribution in [3.8, 4) is 0 Å². The minimum atomic E-state index is -0.927. The second kappa shape index (κ2) is 6.92. The van der Waals surface area contributed by atoms with Crippen molar-refractivity contribution in [1.29, 1.82) is 0 Å². The molecule has 0 aliphatic carbocycles. The molecule has 0 radical (unpaired) electrons. The normalized spacial score (nSPS) is 33.8. The number of rotatable bonds is 1. The molecule has 2 bridgehead atoms. The predicted octanol–water partition coefficient (Wildman–Crippen LogP) is 4.06. The summed E-state index contributed by atoms with van der Waals surface area (Å²) in [7, 11) is 0. The van der Waals surface area contributed by atoms with Crippen LogP contribution in [-0.4, -0.2) is 33.6 Å². The maximum Gasteiger partial charge on any atom is 0.105 e. The molecule has 2 rings (SSSR count). The van der Waals surface area contributed by atoms with Gasteiger partial charge in [-0.2, -0.15) is 0 Å². The van der Waals surface area contributed by atoms with Crippen LogP contribution < -0.4 is 0 Å². The maximum atomic E-state index is 10.9. The zero-order valence-corrected chi connectivity index (χ0v) is 15.2. The molecule has 0 aromatic rings. The quantitative estimate of drug-likeness (QED) is 0.716. The maximum absolute atomic E-state index is 10.9. The summed E-state index contributed by atoms with van der Waals surface area (Å²) < 4.78 is 6.16. The van der Waals surface area contributed by atoms with Crippen LogP contribution in [-0.2, 0) is 4.74 Å². The van der Waals surface area contributed by atoms with Crippen LogP contribution in [0.4, 0.5) is 0 Å². The van der Waals surface area contributed by atoms with E-state index >= 15 is 0 Å². The molecule has 3 unspecified atom stereocenters. The van der Waals surface area contributed by atoms with E-state index in [1.165, 1.54) is 11.1 Å². The lowest BCUT2D eigenvalue weighted by molar-refractivity contribution is -0.0883. The Labute approximate surface area is 140 Å². The third-order valence-corrected chi connectivity index (χ3v) is 4.99. The Kier molecular flexibility index (Phi) is 5.55. The first-order chi connectivity index (χ1) is 10.6. The second-order valence-electron chi connectivity index (χ2n) is 7.97. The van der Waals surface area contributed by atoms with Crippen LogP contribution in [0.1, 0.15) is 66.7 Å². The molecule has 23 heavy (non-hydrogen) atoms. The number of aliphatic hydroxyl groups is 2. The van der Waals surface area contributed by atoms with Gasteiger partial charge in [-0.15, -0.1) is 0 Å². The fraction of sp³-hybridized carbons (Fsp3) is 0.700. The van der Waals surface area contributed by atoms with Crippen LogP contribution in [0.25, 0.3) is 0 Å². The van der Waals surface area contributed by atoms with Crippen LogP contribution in [0.2, 0.25) is 0 Å². The number of hydrogen-bond acceptors (Lipinski definition) is 3. The summed E-state index contributed by atoms with van der Waals surface area (Å²) in [5, 5.41) is 21.3. The Balaban J connectivity index is 2.32. The van der Waals surface area contributed by atoms with E-state index in [4.69, 9.17) is 4.74 Å². The molecule has 2 heterocycles. The highest BCUT2D eigenvalue weighted by molar-refractivity contribution is 5.28. The Morgan fingerprint density at radius 2 is 1.83 bits per heavy atom. The average molecular weight is 320 g/mol. The fourth-order valence-electron chi connectivity index (χ4n) is 3.42. The molecule has 0 saturated carbocycles. The zero-order chi connectivity index (χ0) is 17.3. The summed E-state index contributed by atoms with van der Waals surface area (Å²) >= 11 is 0. The van der Waals surface area contributed by atoms with Gasteiger partial charge in [0.05, 0.1) is 17.3 Å². The topological polar surface area (TPSA) is 49.7 Å². The number of fused-ring (bicyclic) bond motifs is 2. The molecule has 2 aliphatic heterocycles. The molecule has 0 fully saturated rings. The first-order valence-corrected chi connectivity index (χ1v) is 8.73. The molecule has 2 aliphatic rings. The van der Waals surface area contributed by atoms with Gasteiger partial charge in [-0.25, -0.2) is 0 Å².